The summed E-state index contributed by atoms with van der Waals surface area (Å²) < 4.78 is 36.1. The number of aryl methyl sites for hydroxylation is 1. The number of aromatic nitrogens is 2. The molecule has 1 N–H and O–H groups in total. The summed E-state index contributed by atoms with van der Waals surface area (Å²) in [7, 11) is 1.57. The lowest BCUT2D eigenvalue weighted by atomic mass is 10.1. The Morgan fingerprint density at radius 2 is 2.04 bits per heavy atom. The fourth-order valence-corrected chi connectivity index (χ4v) is 2.93. The molecule has 0 fully saturated rings. The Morgan fingerprint density at radius 1 is 1.23 bits per heavy atom. The van der Waals surface area contributed by atoms with Crippen molar-refractivity contribution in [3.63, 3.8) is 0 Å². The number of anilines is 1. The molecule has 0 spiro atoms. The summed E-state index contributed by atoms with van der Waals surface area (Å²) in [6, 6.07) is 11.2. The lowest BCUT2D eigenvalue weighted by Crippen LogP contribution is -2.12. The van der Waals surface area contributed by atoms with Gasteiger partial charge in [-0.05, 0) is 30.2 Å². The van der Waals surface area contributed by atoms with Crippen LogP contribution in [0.5, 0.6) is 5.75 Å². The number of carbonyl (C=O) groups excluding carboxylic acids is 1. The van der Waals surface area contributed by atoms with Crippen LogP contribution in [0, 0.1) is 11.6 Å². The standard InChI is InChI=1S/C18H15F2N3O2S/c1-25-13-6-2-5-12(10-13)17-22-18(26-23-17)21-15(24)9-8-11-4-3-7-14(19)16(11)20/h2-7,10H,8-9H2,1H3,(H,21,22,23,24). The maximum absolute atomic E-state index is 13.6. The monoisotopic (exact) mass is 375 g/mol. The minimum atomic E-state index is -0.921. The highest BCUT2D eigenvalue weighted by Gasteiger charge is 2.12. The normalized spacial score (nSPS) is 10.6. The Labute approximate surface area is 152 Å². The van der Waals surface area contributed by atoms with Crippen molar-refractivity contribution in [3.8, 4) is 17.1 Å². The van der Waals surface area contributed by atoms with Crippen molar-refractivity contribution in [2.45, 2.75) is 12.8 Å². The molecule has 3 rings (SSSR count). The number of carbonyl (C=O) groups is 1. The maximum Gasteiger partial charge on any atom is 0.226 e. The van der Waals surface area contributed by atoms with E-state index in [4.69, 9.17) is 4.74 Å². The second-order valence-corrected chi connectivity index (χ2v) is 6.17. The van der Waals surface area contributed by atoms with E-state index in [1.807, 2.05) is 18.2 Å². The largest absolute Gasteiger partial charge is 0.497 e. The van der Waals surface area contributed by atoms with Crippen molar-refractivity contribution < 1.29 is 18.3 Å². The number of hydrogen-bond acceptors (Lipinski definition) is 5. The van der Waals surface area contributed by atoms with Gasteiger partial charge in [0.15, 0.2) is 17.5 Å². The lowest BCUT2D eigenvalue weighted by molar-refractivity contribution is -0.116. The second-order valence-electron chi connectivity index (χ2n) is 5.42. The van der Waals surface area contributed by atoms with Gasteiger partial charge in [0.25, 0.3) is 0 Å². The summed E-state index contributed by atoms with van der Waals surface area (Å²) in [5.41, 5.74) is 0.928. The van der Waals surface area contributed by atoms with Crippen LogP contribution in [0.3, 0.4) is 0 Å². The van der Waals surface area contributed by atoms with Gasteiger partial charge in [0, 0.05) is 23.5 Å². The molecule has 2 aromatic carbocycles. The molecule has 26 heavy (non-hydrogen) atoms. The highest BCUT2D eigenvalue weighted by molar-refractivity contribution is 7.10. The first kappa shape index (κ1) is 17.9. The van der Waals surface area contributed by atoms with E-state index in [9.17, 15) is 13.6 Å². The number of methoxy groups -OCH3 is 1. The zero-order valence-electron chi connectivity index (χ0n) is 13.8. The summed E-state index contributed by atoms with van der Waals surface area (Å²) in [4.78, 5) is 16.3. The van der Waals surface area contributed by atoms with Crippen LogP contribution in [-0.2, 0) is 11.2 Å². The molecule has 0 aliphatic rings. The Balaban J connectivity index is 1.61. The van der Waals surface area contributed by atoms with Crippen molar-refractivity contribution in [2.75, 3.05) is 12.4 Å². The van der Waals surface area contributed by atoms with Gasteiger partial charge in [-0.1, -0.05) is 24.3 Å². The minimum Gasteiger partial charge on any atom is -0.497 e. The summed E-state index contributed by atoms with van der Waals surface area (Å²) in [5.74, 6) is -1.03. The zero-order chi connectivity index (χ0) is 18.5. The molecule has 134 valence electrons. The first-order chi connectivity index (χ1) is 12.6. The van der Waals surface area contributed by atoms with Gasteiger partial charge >= 0.3 is 0 Å². The fourth-order valence-electron chi connectivity index (χ4n) is 2.33. The molecule has 0 aliphatic carbocycles. The number of halogens is 2. The summed E-state index contributed by atoms with van der Waals surface area (Å²) >= 11 is 1.05. The van der Waals surface area contributed by atoms with Crippen molar-refractivity contribution in [2.24, 2.45) is 0 Å². The molecule has 0 saturated heterocycles. The van der Waals surface area contributed by atoms with E-state index in [-0.39, 0.29) is 24.3 Å². The molecule has 1 aromatic heterocycles. The van der Waals surface area contributed by atoms with Crippen molar-refractivity contribution in [1.29, 1.82) is 0 Å². The van der Waals surface area contributed by atoms with Gasteiger partial charge < -0.3 is 10.1 Å². The number of hydrogen-bond donors (Lipinski definition) is 1. The zero-order valence-corrected chi connectivity index (χ0v) is 14.6. The maximum atomic E-state index is 13.6. The van der Waals surface area contributed by atoms with Crippen molar-refractivity contribution in [1.82, 2.24) is 9.36 Å². The Bertz CT molecular complexity index is 930. The highest BCUT2D eigenvalue weighted by Crippen LogP contribution is 2.24. The van der Waals surface area contributed by atoms with E-state index in [1.54, 1.807) is 13.2 Å². The molecule has 0 saturated carbocycles. The number of benzene rings is 2. The van der Waals surface area contributed by atoms with Crippen LogP contribution in [0.4, 0.5) is 13.9 Å². The van der Waals surface area contributed by atoms with Gasteiger partial charge in [0.05, 0.1) is 7.11 Å². The molecule has 1 amide bonds. The van der Waals surface area contributed by atoms with Gasteiger partial charge in [-0.3, -0.25) is 4.79 Å². The van der Waals surface area contributed by atoms with Gasteiger partial charge in [-0.2, -0.15) is 9.36 Å². The van der Waals surface area contributed by atoms with Gasteiger partial charge in [0.2, 0.25) is 11.0 Å². The highest BCUT2D eigenvalue weighted by atomic mass is 32.1. The Morgan fingerprint density at radius 3 is 2.85 bits per heavy atom. The number of rotatable bonds is 6. The average Bonchev–Trinajstić information content (AvgIpc) is 3.11. The van der Waals surface area contributed by atoms with E-state index in [1.165, 1.54) is 12.1 Å². The van der Waals surface area contributed by atoms with Crippen LogP contribution >= 0.6 is 11.5 Å². The summed E-state index contributed by atoms with van der Waals surface area (Å²) in [6.45, 7) is 0. The third kappa shape index (κ3) is 4.20. The molecule has 0 unspecified atom stereocenters. The predicted molar refractivity (Wildman–Crippen MR) is 95.2 cm³/mol. The second kappa shape index (κ2) is 8.01. The van der Waals surface area contributed by atoms with E-state index in [0.29, 0.717) is 16.7 Å². The molecular formula is C18H15F2N3O2S. The van der Waals surface area contributed by atoms with Gasteiger partial charge in [0.1, 0.15) is 5.75 Å². The predicted octanol–water partition coefficient (Wildman–Crippen LogP) is 4.06. The number of amides is 1. The van der Waals surface area contributed by atoms with Crippen molar-refractivity contribution >= 4 is 22.6 Å². The Kier molecular flexibility index (Phi) is 5.52. The first-order valence-corrected chi connectivity index (χ1v) is 8.55. The molecule has 0 aliphatic heterocycles. The number of ether oxygens (including phenoxy) is 1. The topological polar surface area (TPSA) is 64.1 Å². The molecule has 0 radical (unpaired) electrons. The van der Waals surface area contributed by atoms with E-state index in [0.717, 1.165) is 23.2 Å². The summed E-state index contributed by atoms with van der Waals surface area (Å²) in [5, 5.41) is 2.96. The molecule has 0 bridgehead atoms. The average molecular weight is 375 g/mol. The Hall–Kier alpha value is -2.87. The van der Waals surface area contributed by atoms with Crippen molar-refractivity contribution in [3.05, 3.63) is 59.7 Å². The first-order valence-electron chi connectivity index (χ1n) is 7.77. The molecular weight excluding hydrogens is 360 g/mol. The quantitative estimate of drug-likeness (QED) is 0.706. The molecule has 5 nitrogen and oxygen atoms in total. The van der Waals surface area contributed by atoms with Crippen LogP contribution in [0.25, 0.3) is 11.4 Å². The van der Waals surface area contributed by atoms with Gasteiger partial charge in [-0.15, -0.1) is 0 Å². The molecule has 8 heteroatoms. The SMILES string of the molecule is COc1cccc(-c2nsc(NC(=O)CCc3cccc(F)c3F)n2)c1. The molecule has 3 aromatic rings. The van der Waals surface area contributed by atoms with Crippen LogP contribution in [-0.4, -0.2) is 22.4 Å². The van der Waals surface area contributed by atoms with Crippen LogP contribution in [0.15, 0.2) is 42.5 Å². The third-order valence-corrected chi connectivity index (χ3v) is 4.28. The fraction of sp³-hybridized carbons (Fsp3) is 0.167. The minimum absolute atomic E-state index is 0.00838. The summed E-state index contributed by atoms with van der Waals surface area (Å²) in [6.07, 6.45) is 0.103. The van der Waals surface area contributed by atoms with Gasteiger partial charge in [-0.25, -0.2) is 8.78 Å². The van der Waals surface area contributed by atoms with Crippen LogP contribution in [0.2, 0.25) is 0 Å². The number of nitrogens with one attached hydrogen (secondary N) is 1. The molecule has 0 atom stereocenters. The number of nitrogens with zero attached hydrogens (tertiary/aromatic N) is 2. The van der Waals surface area contributed by atoms with E-state index < -0.39 is 11.6 Å². The smallest absolute Gasteiger partial charge is 0.226 e. The van der Waals surface area contributed by atoms with E-state index in [2.05, 4.69) is 14.7 Å². The third-order valence-electron chi connectivity index (χ3n) is 3.65. The lowest BCUT2D eigenvalue weighted by Gasteiger charge is -2.04. The van der Waals surface area contributed by atoms with E-state index >= 15 is 0 Å². The van der Waals surface area contributed by atoms with Crippen LogP contribution in [0.1, 0.15) is 12.0 Å². The molecule has 1 heterocycles. The van der Waals surface area contributed by atoms with Crippen LogP contribution < -0.4 is 10.1 Å².